The van der Waals surface area contributed by atoms with Crippen LogP contribution in [0.3, 0.4) is 0 Å². The van der Waals surface area contributed by atoms with Crippen LogP contribution in [-0.2, 0) is 0 Å². The van der Waals surface area contributed by atoms with Gasteiger partial charge in [0.05, 0.1) is 12.1 Å². The zero-order valence-corrected chi connectivity index (χ0v) is 12.2. The lowest BCUT2D eigenvalue weighted by atomic mass is 10.0. The molecule has 2 aliphatic rings. The molecule has 2 aliphatic heterocycles. The lowest BCUT2D eigenvalue weighted by Gasteiger charge is -2.32. The first-order valence-corrected chi connectivity index (χ1v) is 7.06. The van der Waals surface area contributed by atoms with Gasteiger partial charge in [0.2, 0.25) is 6.35 Å². The summed E-state index contributed by atoms with van der Waals surface area (Å²) in [4.78, 5) is 11.3. The number of allylic oxidation sites excluding steroid dienone is 1. The predicted molar refractivity (Wildman–Crippen MR) is 78.3 cm³/mol. The second-order valence-electron chi connectivity index (χ2n) is 5.35. The Labute approximate surface area is 115 Å². The molecule has 2 unspecified atom stereocenters. The summed E-state index contributed by atoms with van der Waals surface area (Å²) in [5, 5.41) is 13.2. The van der Waals surface area contributed by atoms with Gasteiger partial charge in [0.15, 0.2) is 11.7 Å². The van der Waals surface area contributed by atoms with Gasteiger partial charge in [0.25, 0.3) is 0 Å². The van der Waals surface area contributed by atoms with Crippen LogP contribution in [0, 0.1) is 0 Å². The summed E-state index contributed by atoms with van der Waals surface area (Å²) in [6.07, 6.45) is 5.31. The molecule has 19 heavy (non-hydrogen) atoms. The number of hydrogen-bond donors (Lipinski definition) is 2. The quantitative estimate of drug-likeness (QED) is 0.757. The molecule has 0 aromatic rings. The van der Waals surface area contributed by atoms with Crippen LogP contribution < -0.4 is 5.32 Å². The van der Waals surface area contributed by atoms with E-state index in [1.54, 1.807) is 0 Å². The standard InChI is InChI=1S/C14H24N4O/c1-5-8-14(4)9-15-11-12(17-14)18(13(19)16-11)10(6-2)7-3/h5,8,10,13,19H,6-7,9H2,1-4H3,(H,15,16)/b8-5-. The van der Waals surface area contributed by atoms with Crippen molar-refractivity contribution in [1.29, 1.82) is 0 Å². The highest BCUT2D eigenvalue weighted by molar-refractivity contribution is 6.42. The van der Waals surface area contributed by atoms with Gasteiger partial charge >= 0.3 is 0 Å². The van der Waals surface area contributed by atoms with Gasteiger partial charge < -0.3 is 15.3 Å². The molecule has 0 amide bonds. The van der Waals surface area contributed by atoms with Crippen molar-refractivity contribution in [2.45, 2.75) is 58.5 Å². The van der Waals surface area contributed by atoms with E-state index >= 15 is 0 Å². The van der Waals surface area contributed by atoms with Crippen molar-refractivity contribution in [3.63, 3.8) is 0 Å². The predicted octanol–water partition coefficient (Wildman–Crippen LogP) is 1.50. The second kappa shape index (κ2) is 5.33. The maximum atomic E-state index is 10.2. The van der Waals surface area contributed by atoms with Crippen molar-refractivity contribution in [2.75, 3.05) is 6.54 Å². The molecule has 106 valence electrons. The van der Waals surface area contributed by atoms with E-state index < -0.39 is 6.35 Å². The van der Waals surface area contributed by atoms with E-state index in [2.05, 4.69) is 37.2 Å². The average Bonchev–Trinajstić information content (AvgIpc) is 2.68. The van der Waals surface area contributed by atoms with Gasteiger partial charge in [0.1, 0.15) is 0 Å². The first-order valence-electron chi connectivity index (χ1n) is 7.06. The molecule has 2 N–H and O–H groups in total. The van der Waals surface area contributed by atoms with Gasteiger partial charge in [0, 0.05) is 6.04 Å². The summed E-state index contributed by atoms with van der Waals surface area (Å²) in [7, 11) is 0. The Morgan fingerprint density at radius 1 is 1.53 bits per heavy atom. The lowest BCUT2D eigenvalue weighted by molar-refractivity contribution is 0.0260. The van der Waals surface area contributed by atoms with Crippen molar-refractivity contribution < 1.29 is 5.11 Å². The maximum absolute atomic E-state index is 10.2. The first kappa shape index (κ1) is 14.1. The van der Waals surface area contributed by atoms with Crippen LogP contribution in [-0.4, -0.2) is 46.2 Å². The Balaban J connectivity index is 2.35. The minimum atomic E-state index is -0.713. The number of aliphatic imine (C=N–C) groups is 2. The average molecular weight is 264 g/mol. The maximum Gasteiger partial charge on any atom is 0.208 e. The molecule has 2 rings (SSSR count). The molecule has 0 aromatic carbocycles. The number of fused-ring (bicyclic) bond motifs is 1. The molecule has 0 aromatic heterocycles. The summed E-state index contributed by atoms with van der Waals surface area (Å²) in [5.74, 6) is 1.52. The molecule has 0 spiro atoms. The third-order valence-corrected chi connectivity index (χ3v) is 3.77. The fourth-order valence-electron chi connectivity index (χ4n) is 2.74. The number of nitrogens with zero attached hydrogens (tertiary/aromatic N) is 3. The van der Waals surface area contributed by atoms with E-state index in [0.717, 1.165) is 24.5 Å². The monoisotopic (exact) mass is 264 g/mol. The van der Waals surface area contributed by atoms with Gasteiger partial charge in [-0.15, -0.1) is 0 Å². The summed E-state index contributed by atoms with van der Waals surface area (Å²) >= 11 is 0. The van der Waals surface area contributed by atoms with E-state index in [0.29, 0.717) is 6.54 Å². The minimum Gasteiger partial charge on any atom is -0.356 e. The Bertz CT molecular complexity index is 425. The summed E-state index contributed by atoms with van der Waals surface area (Å²) in [6, 6.07) is 0.280. The van der Waals surface area contributed by atoms with Crippen LogP contribution >= 0.6 is 0 Å². The van der Waals surface area contributed by atoms with Crippen LogP contribution in [0.5, 0.6) is 0 Å². The van der Waals surface area contributed by atoms with Crippen LogP contribution in [0.1, 0.15) is 40.5 Å². The Kier molecular flexibility index (Phi) is 3.94. The fourth-order valence-corrected chi connectivity index (χ4v) is 2.74. The van der Waals surface area contributed by atoms with Crippen molar-refractivity contribution in [1.82, 2.24) is 10.2 Å². The van der Waals surface area contributed by atoms with Crippen LogP contribution in [0.4, 0.5) is 0 Å². The van der Waals surface area contributed by atoms with Gasteiger partial charge in [-0.1, -0.05) is 26.0 Å². The van der Waals surface area contributed by atoms with E-state index in [9.17, 15) is 5.11 Å². The fraction of sp³-hybridized carbons (Fsp3) is 0.714. The zero-order chi connectivity index (χ0) is 14.0. The Morgan fingerprint density at radius 3 is 2.79 bits per heavy atom. The minimum absolute atomic E-state index is 0.280. The molecule has 1 saturated heterocycles. The zero-order valence-electron chi connectivity index (χ0n) is 12.2. The second-order valence-corrected chi connectivity index (χ2v) is 5.35. The number of rotatable bonds is 4. The molecule has 0 bridgehead atoms. The third kappa shape index (κ3) is 2.52. The number of hydrogen-bond acceptors (Lipinski definition) is 5. The van der Waals surface area contributed by atoms with Crippen LogP contribution in [0.25, 0.3) is 0 Å². The van der Waals surface area contributed by atoms with Crippen molar-refractivity contribution in [2.24, 2.45) is 9.98 Å². The molecule has 2 heterocycles. The first-order chi connectivity index (χ1) is 9.04. The van der Waals surface area contributed by atoms with Crippen LogP contribution in [0.2, 0.25) is 0 Å². The van der Waals surface area contributed by atoms with Crippen LogP contribution in [0.15, 0.2) is 22.1 Å². The highest BCUT2D eigenvalue weighted by Crippen LogP contribution is 2.24. The molecule has 0 saturated carbocycles. The lowest BCUT2D eigenvalue weighted by Crippen LogP contribution is -2.45. The number of amidine groups is 2. The van der Waals surface area contributed by atoms with Crippen molar-refractivity contribution >= 4 is 11.7 Å². The number of aliphatic hydroxyl groups excluding tert-OH is 1. The Morgan fingerprint density at radius 2 is 2.21 bits per heavy atom. The van der Waals surface area contributed by atoms with Crippen molar-refractivity contribution in [3.8, 4) is 0 Å². The van der Waals surface area contributed by atoms with Gasteiger partial charge in [-0.05, 0) is 26.7 Å². The topological polar surface area (TPSA) is 60.2 Å². The van der Waals surface area contributed by atoms with Gasteiger partial charge in [-0.25, -0.2) is 0 Å². The summed E-state index contributed by atoms with van der Waals surface area (Å²) in [5.41, 5.74) is -0.302. The highest BCUT2D eigenvalue weighted by atomic mass is 16.3. The van der Waals surface area contributed by atoms with Gasteiger partial charge in [-0.2, -0.15) is 0 Å². The highest BCUT2D eigenvalue weighted by Gasteiger charge is 2.40. The van der Waals surface area contributed by atoms with Gasteiger partial charge in [-0.3, -0.25) is 9.98 Å². The normalized spacial score (nSPS) is 30.4. The largest absolute Gasteiger partial charge is 0.356 e. The molecule has 0 radical (unpaired) electrons. The molecular weight excluding hydrogens is 240 g/mol. The van der Waals surface area contributed by atoms with E-state index in [-0.39, 0.29) is 11.6 Å². The third-order valence-electron chi connectivity index (χ3n) is 3.77. The number of nitrogens with one attached hydrogen (secondary N) is 1. The molecular formula is C14H24N4O. The molecule has 5 nitrogen and oxygen atoms in total. The van der Waals surface area contributed by atoms with E-state index in [1.165, 1.54) is 0 Å². The number of aliphatic hydroxyl groups is 1. The SMILES string of the molecule is C/C=C\C1(C)CN=C2NC(O)N(C(CC)CC)C2=N1. The summed E-state index contributed by atoms with van der Waals surface area (Å²) < 4.78 is 0. The van der Waals surface area contributed by atoms with Crippen molar-refractivity contribution in [3.05, 3.63) is 12.2 Å². The summed E-state index contributed by atoms with van der Waals surface area (Å²) in [6.45, 7) is 8.93. The van der Waals surface area contributed by atoms with E-state index in [4.69, 9.17) is 4.99 Å². The molecule has 0 aliphatic carbocycles. The molecule has 2 atom stereocenters. The van der Waals surface area contributed by atoms with E-state index in [1.807, 2.05) is 17.9 Å². The smallest absolute Gasteiger partial charge is 0.208 e. The Hall–Kier alpha value is -1.36. The molecule has 5 heteroatoms. The molecule has 1 fully saturated rings.